The number of hydrogen-bond acceptors (Lipinski definition) is 0. The van der Waals surface area contributed by atoms with Crippen molar-refractivity contribution in [3.05, 3.63) is 34.3 Å². The normalized spacial score (nSPS) is 11.5. The Morgan fingerprint density at radius 1 is 1.06 bits per heavy atom. The molecule has 0 unspecified atom stereocenters. The Hall–Kier alpha value is -0.490. The highest BCUT2D eigenvalue weighted by Gasteiger charge is 2.08. The van der Waals surface area contributed by atoms with Gasteiger partial charge in [0.15, 0.2) is 0 Å². The molecular formula is C16H25Cl. The molecule has 0 nitrogen and oxygen atoms in total. The van der Waals surface area contributed by atoms with Gasteiger partial charge in [0.05, 0.1) is 0 Å². The SMILES string of the molecule is CC(C)CCCc1c(Cl)cccc1CC(C)C. The fourth-order valence-electron chi connectivity index (χ4n) is 2.20. The zero-order valence-electron chi connectivity index (χ0n) is 11.6. The molecule has 17 heavy (non-hydrogen) atoms. The molecule has 1 aromatic rings. The lowest BCUT2D eigenvalue weighted by atomic mass is 9.94. The van der Waals surface area contributed by atoms with E-state index in [9.17, 15) is 0 Å². The highest BCUT2D eigenvalue weighted by Crippen LogP contribution is 2.25. The van der Waals surface area contributed by atoms with Gasteiger partial charge in [0, 0.05) is 5.02 Å². The fraction of sp³-hybridized carbons (Fsp3) is 0.625. The van der Waals surface area contributed by atoms with Gasteiger partial charge in [-0.2, -0.15) is 0 Å². The van der Waals surface area contributed by atoms with E-state index in [1.54, 1.807) is 0 Å². The molecule has 0 aliphatic carbocycles. The Labute approximate surface area is 111 Å². The molecule has 96 valence electrons. The lowest BCUT2D eigenvalue weighted by Gasteiger charge is -2.14. The molecule has 0 bridgehead atoms. The van der Waals surface area contributed by atoms with E-state index in [4.69, 9.17) is 11.6 Å². The summed E-state index contributed by atoms with van der Waals surface area (Å²) in [6, 6.07) is 6.33. The Bertz CT molecular complexity index is 339. The topological polar surface area (TPSA) is 0 Å². The van der Waals surface area contributed by atoms with E-state index in [2.05, 4.69) is 39.8 Å². The van der Waals surface area contributed by atoms with Crippen LogP contribution in [0.1, 0.15) is 51.7 Å². The summed E-state index contributed by atoms with van der Waals surface area (Å²) in [5.41, 5.74) is 2.82. The second-order valence-corrected chi connectivity index (χ2v) is 6.17. The number of benzene rings is 1. The summed E-state index contributed by atoms with van der Waals surface area (Å²) in [7, 11) is 0. The summed E-state index contributed by atoms with van der Waals surface area (Å²) < 4.78 is 0. The molecular weight excluding hydrogens is 228 g/mol. The van der Waals surface area contributed by atoms with Crippen molar-refractivity contribution in [1.29, 1.82) is 0 Å². The van der Waals surface area contributed by atoms with Crippen molar-refractivity contribution in [1.82, 2.24) is 0 Å². The third kappa shape index (κ3) is 5.12. The van der Waals surface area contributed by atoms with Gasteiger partial charge in [-0.3, -0.25) is 0 Å². The van der Waals surface area contributed by atoms with Crippen LogP contribution < -0.4 is 0 Å². The molecule has 0 spiro atoms. The van der Waals surface area contributed by atoms with Gasteiger partial charge in [-0.1, -0.05) is 57.8 Å². The van der Waals surface area contributed by atoms with E-state index >= 15 is 0 Å². The third-order valence-electron chi connectivity index (χ3n) is 3.05. The predicted octanol–water partition coefficient (Wildman–Crippen LogP) is 5.52. The van der Waals surface area contributed by atoms with E-state index < -0.39 is 0 Å². The Kier molecular flexibility index (Phi) is 6.05. The van der Waals surface area contributed by atoms with Gasteiger partial charge in [-0.15, -0.1) is 0 Å². The lowest BCUT2D eigenvalue weighted by molar-refractivity contribution is 0.553. The van der Waals surface area contributed by atoms with Gasteiger partial charge in [-0.05, 0) is 48.3 Å². The highest BCUT2D eigenvalue weighted by atomic mass is 35.5. The van der Waals surface area contributed by atoms with E-state index in [0.29, 0.717) is 5.92 Å². The van der Waals surface area contributed by atoms with Gasteiger partial charge in [0.2, 0.25) is 0 Å². The minimum atomic E-state index is 0.692. The minimum absolute atomic E-state index is 0.692. The van der Waals surface area contributed by atoms with Crippen LogP contribution in [0.3, 0.4) is 0 Å². The van der Waals surface area contributed by atoms with Gasteiger partial charge < -0.3 is 0 Å². The molecule has 0 aliphatic heterocycles. The van der Waals surface area contributed by atoms with Crippen molar-refractivity contribution in [2.24, 2.45) is 11.8 Å². The van der Waals surface area contributed by atoms with Crippen LogP contribution in [-0.2, 0) is 12.8 Å². The van der Waals surface area contributed by atoms with Crippen molar-refractivity contribution in [2.75, 3.05) is 0 Å². The lowest BCUT2D eigenvalue weighted by Crippen LogP contribution is -2.01. The summed E-state index contributed by atoms with van der Waals surface area (Å²) in [6.07, 6.45) is 4.79. The maximum Gasteiger partial charge on any atom is 0.0440 e. The fourth-order valence-corrected chi connectivity index (χ4v) is 2.49. The molecule has 0 fully saturated rings. The van der Waals surface area contributed by atoms with Crippen molar-refractivity contribution >= 4 is 11.6 Å². The first-order valence-corrected chi connectivity index (χ1v) is 7.14. The summed E-state index contributed by atoms with van der Waals surface area (Å²) in [5, 5.41) is 0.951. The van der Waals surface area contributed by atoms with Crippen LogP contribution in [0.2, 0.25) is 5.02 Å². The number of rotatable bonds is 6. The molecule has 0 saturated carbocycles. The first kappa shape index (κ1) is 14.6. The zero-order chi connectivity index (χ0) is 12.8. The maximum atomic E-state index is 6.33. The smallest absolute Gasteiger partial charge is 0.0440 e. The molecule has 0 aliphatic rings. The number of halogens is 1. The molecule has 1 aromatic carbocycles. The average Bonchev–Trinajstić information content (AvgIpc) is 2.21. The van der Waals surface area contributed by atoms with E-state index in [-0.39, 0.29) is 0 Å². The molecule has 0 saturated heterocycles. The van der Waals surface area contributed by atoms with Crippen LogP contribution in [0.25, 0.3) is 0 Å². The molecule has 1 rings (SSSR count). The van der Waals surface area contributed by atoms with Crippen molar-refractivity contribution in [3.63, 3.8) is 0 Å². The molecule has 1 heteroatoms. The van der Waals surface area contributed by atoms with Gasteiger partial charge in [-0.25, -0.2) is 0 Å². The van der Waals surface area contributed by atoms with Gasteiger partial charge in [0.25, 0.3) is 0 Å². The Morgan fingerprint density at radius 2 is 1.76 bits per heavy atom. The molecule has 0 aromatic heterocycles. The average molecular weight is 253 g/mol. The second kappa shape index (κ2) is 7.06. The summed E-state index contributed by atoms with van der Waals surface area (Å²) in [5.74, 6) is 1.48. The third-order valence-corrected chi connectivity index (χ3v) is 3.41. The predicted molar refractivity (Wildman–Crippen MR) is 77.8 cm³/mol. The first-order chi connectivity index (χ1) is 8.00. The van der Waals surface area contributed by atoms with Crippen molar-refractivity contribution in [2.45, 2.75) is 53.4 Å². The molecule has 0 N–H and O–H groups in total. The zero-order valence-corrected chi connectivity index (χ0v) is 12.3. The summed E-state index contributed by atoms with van der Waals surface area (Å²) >= 11 is 6.33. The largest absolute Gasteiger partial charge is 0.0840 e. The summed E-state index contributed by atoms with van der Waals surface area (Å²) in [6.45, 7) is 9.08. The van der Waals surface area contributed by atoms with E-state index in [1.807, 2.05) is 6.07 Å². The van der Waals surface area contributed by atoms with Crippen LogP contribution >= 0.6 is 11.6 Å². The molecule has 0 amide bonds. The van der Waals surface area contributed by atoms with Crippen LogP contribution in [0.4, 0.5) is 0 Å². The standard InChI is InChI=1S/C16H25Cl/c1-12(2)7-5-9-15-14(11-13(3)4)8-6-10-16(15)17/h6,8,10,12-13H,5,7,9,11H2,1-4H3. The van der Waals surface area contributed by atoms with Crippen LogP contribution in [-0.4, -0.2) is 0 Å². The van der Waals surface area contributed by atoms with Crippen molar-refractivity contribution in [3.8, 4) is 0 Å². The minimum Gasteiger partial charge on any atom is -0.0840 e. The second-order valence-electron chi connectivity index (χ2n) is 5.76. The van der Waals surface area contributed by atoms with E-state index in [0.717, 1.165) is 23.8 Å². The maximum absolute atomic E-state index is 6.33. The van der Waals surface area contributed by atoms with Gasteiger partial charge in [0.1, 0.15) is 0 Å². The first-order valence-electron chi connectivity index (χ1n) is 6.77. The Morgan fingerprint density at radius 3 is 2.35 bits per heavy atom. The molecule has 0 heterocycles. The van der Waals surface area contributed by atoms with Crippen LogP contribution in [0, 0.1) is 11.8 Å². The quantitative estimate of drug-likeness (QED) is 0.626. The van der Waals surface area contributed by atoms with Crippen LogP contribution in [0.15, 0.2) is 18.2 Å². The monoisotopic (exact) mass is 252 g/mol. The molecule has 0 atom stereocenters. The highest BCUT2D eigenvalue weighted by molar-refractivity contribution is 6.31. The Balaban J connectivity index is 2.73. The van der Waals surface area contributed by atoms with Crippen molar-refractivity contribution < 1.29 is 0 Å². The molecule has 0 radical (unpaired) electrons. The number of hydrogen-bond donors (Lipinski definition) is 0. The summed E-state index contributed by atoms with van der Waals surface area (Å²) in [4.78, 5) is 0. The van der Waals surface area contributed by atoms with Crippen LogP contribution in [0.5, 0.6) is 0 Å². The van der Waals surface area contributed by atoms with E-state index in [1.165, 1.54) is 24.0 Å². The van der Waals surface area contributed by atoms with Gasteiger partial charge >= 0.3 is 0 Å².